The largest absolute Gasteiger partial charge is 0.433 e. The average Bonchev–Trinajstić information content (AvgIpc) is 2.91. The minimum atomic E-state index is -4.57. The number of anilines is 2. The van der Waals surface area contributed by atoms with Crippen LogP contribution in [0.3, 0.4) is 0 Å². The number of carbonyl (C=O) groups excluding carboxylic acids is 2. The van der Waals surface area contributed by atoms with Crippen LogP contribution in [0.15, 0.2) is 54.9 Å². The van der Waals surface area contributed by atoms with Crippen molar-refractivity contribution < 1.29 is 22.8 Å². The van der Waals surface area contributed by atoms with Gasteiger partial charge in [0.25, 0.3) is 5.91 Å². The van der Waals surface area contributed by atoms with Crippen molar-refractivity contribution >= 4 is 23.3 Å². The summed E-state index contributed by atoms with van der Waals surface area (Å²) in [7, 11) is 0. The lowest BCUT2D eigenvalue weighted by Crippen LogP contribution is -2.31. The number of benzene rings is 1. The van der Waals surface area contributed by atoms with Gasteiger partial charge in [0, 0.05) is 48.8 Å². The van der Waals surface area contributed by atoms with Gasteiger partial charge in [-0.1, -0.05) is 38.1 Å². The van der Waals surface area contributed by atoms with Crippen LogP contribution >= 0.6 is 0 Å². The zero-order chi connectivity index (χ0) is 27.7. The molecule has 0 fully saturated rings. The quantitative estimate of drug-likeness (QED) is 0.355. The zero-order valence-corrected chi connectivity index (χ0v) is 21.5. The maximum absolute atomic E-state index is 13.3. The summed E-state index contributed by atoms with van der Waals surface area (Å²) in [6.07, 6.45) is -0.279. The number of nitrogens with one attached hydrogen (secondary N) is 2. The highest BCUT2D eigenvalue weighted by molar-refractivity contribution is 6.01. The van der Waals surface area contributed by atoms with Crippen LogP contribution in [0.2, 0.25) is 0 Å². The molecule has 0 saturated carbocycles. The van der Waals surface area contributed by atoms with Crippen molar-refractivity contribution in [2.45, 2.75) is 52.3 Å². The van der Waals surface area contributed by atoms with Gasteiger partial charge in [0.2, 0.25) is 11.7 Å². The Morgan fingerprint density at radius 2 is 1.61 bits per heavy atom. The summed E-state index contributed by atoms with van der Waals surface area (Å²) in [5, 5.41) is 5.47. The molecule has 1 aromatic carbocycles. The third kappa shape index (κ3) is 7.50. The molecule has 1 atom stereocenters. The number of aromatic nitrogens is 3. The molecule has 2 heterocycles. The van der Waals surface area contributed by atoms with E-state index in [2.05, 4.69) is 25.6 Å². The standard InChI is InChI=1S/C27H31F3N6O2/c1-4-13-36(14-5-2)24-19(11-12-22(35-24)27(28,29)30)15-33-25(37)18(3)20-16-31-23(32-17-20)26(38)34-21-9-7-6-8-10-21/h6-12,16-18H,4-5,13-15H2,1-3H3,(H,33,37)(H,34,38). The second-order valence-electron chi connectivity index (χ2n) is 8.76. The second-order valence-corrected chi connectivity index (χ2v) is 8.76. The normalized spacial score (nSPS) is 12.1. The maximum Gasteiger partial charge on any atom is 0.433 e. The monoisotopic (exact) mass is 528 g/mol. The number of hydrogen-bond donors (Lipinski definition) is 2. The lowest BCUT2D eigenvalue weighted by molar-refractivity contribution is -0.141. The van der Waals surface area contributed by atoms with Gasteiger partial charge in [-0.15, -0.1) is 0 Å². The Labute approximate surface area is 219 Å². The minimum Gasteiger partial charge on any atom is -0.356 e. The molecule has 2 amide bonds. The van der Waals surface area contributed by atoms with Crippen LogP contribution in [0.5, 0.6) is 0 Å². The van der Waals surface area contributed by atoms with E-state index in [1.807, 2.05) is 24.8 Å². The number of carbonyl (C=O) groups is 2. The van der Waals surface area contributed by atoms with Gasteiger partial charge in [-0.25, -0.2) is 15.0 Å². The van der Waals surface area contributed by atoms with Gasteiger partial charge in [0.15, 0.2) is 0 Å². The van der Waals surface area contributed by atoms with E-state index in [-0.39, 0.29) is 24.1 Å². The molecule has 2 N–H and O–H groups in total. The highest BCUT2D eigenvalue weighted by atomic mass is 19.4. The Morgan fingerprint density at radius 1 is 0.974 bits per heavy atom. The Kier molecular flexibility index (Phi) is 9.75. The van der Waals surface area contributed by atoms with Crippen molar-refractivity contribution in [2.24, 2.45) is 0 Å². The molecule has 202 valence electrons. The van der Waals surface area contributed by atoms with Crippen LogP contribution < -0.4 is 15.5 Å². The van der Waals surface area contributed by atoms with Gasteiger partial charge < -0.3 is 15.5 Å². The first-order valence-corrected chi connectivity index (χ1v) is 12.4. The van der Waals surface area contributed by atoms with Crippen molar-refractivity contribution in [1.29, 1.82) is 0 Å². The molecule has 3 rings (SSSR count). The van der Waals surface area contributed by atoms with Crippen LogP contribution in [0.1, 0.15) is 67.0 Å². The fourth-order valence-electron chi connectivity index (χ4n) is 3.78. The van der Waals surface area contributed by atoms with E-state index in [1.165, 1.54) is 18.5 Å². The van der Waals surface area contributed by atoms with E-state index in [4.69, 9.17) is 0 Å². The number of rotatable bonds is 11. The topological polar surface area (TPSA) is 100 Å². The van der Waals surface area contributed by atoms with Gasteiger partial charge in [-0.05, 0) is 38.0 Å². The molecule has 0 aliphatic rings. The van der Waals surface area contributed by atoms with Crippen LogP contribution in [0.25, 0.3) is 0 Å². The van der Waals surface area contributed by atoms with Crippen molar-refractivity contribution in [1.82, 2.24) is 20.3 Å². The summed E-state index contributed by atoms with van der Waals surface area (Å²) in [6.45, 7) is 6.63. The highest BCUT2D eigenvalue weighted by Gasteiger charge is 2.33. The number of pyridine rings is 1. The zero-order valence-electron chi connectivity index (χ0n) is 21.5. The fourth-order valence-corrected chi connectivity index (χ4v) is 3.78. The van der Waals surface area contributed by atoms with E-state index in [1.54, 1.807) is 31.2 Å². The van der Waals surface area contributed by atoms with Gasteiger partial charge in [0.05, 0.1) is 5.92 Å². The number of alkyl halides is 3. The minimum absolute atomic E-state index is 0.00595. The van der Waals surface area contributed by atoms with Gasteiger partial charge >= 0.3 is 6.18 Å². The van der Waals surface area contributed by atoms with Gasteiger partial charge in [-0.3, -0.25) is 9.59 Å². The molecule has 1 unspecified atom stereocenters. The summed E-state index contributed by atoms with van der Waals surface area (Å²) in [5.41, 5.74) is 0.612. The summed E-state index contributed by atoms with van der Waals surface area (Å²) in [4.78, 5) is 39.1. The molecule has 0 aliphatic heterocycles. The van der Waals surface area contributed by atoms with Gasteiger partial charge in [0.1, 0.15) is 11.5 Å². The highest BCUT2D eigenvalue weighted by Crippen LogP contribution is 2.31. The molecule has 11 heteroatoms. The Hall–Kier alpha value is -4.02. The molecule has 38 heavy (non-hydrogen) atoms. The van der Waals surface area contributed by atoms with E-state index in [9.17, 15) is 22.8 Å². The number of amides is 2. The van der Waals surface area contributed by atoms with Crippen LogP contribution in [0, 0.1) is 0 Å². The van der Waals surface area contributed by atoms with Crippen molar-refractivity contribution in [3.63, 3.8) is 0 Å². The average molecular weight is 529 g/mol. The van der Waals surface area contributed by atoms with Gasteiger partial charge in [-0.2, -0.15) is 13.2 Å². The molecule has 3 aromatic rings. The maximum atomic E-state index is 13.3. The molecule has 0 aliphatic carbocycles. The van der Waals surface area contributed by atoms with E-state index >= 15 is 0 Å². The smallest absolute Gasteiger partial charge is 0.356 e. The number of nitrogens with zero attached hydrogens (tertiary/aromatic N) is 4. The van der Waals surface area contributed by atoms with Crippen LogP contribution in [-0.2, 0) is 17.5 Å². The summed E-state index contributed by atoms with van der Waals surface area (Å²) in [6, 6.07) is 11.2. The lowest BCUT2D eigenvalue weighted by atomic mass is 10.0. The molecular formula is C27H31F3N6O2. The van der Waals surface area contributed by atoms with E-state index < -0.39 is 23.7 Å². The summed E-state index contributed by atoms with van der Waals surface area (Å²) >= 11 is 0. The summed E-state index contributed by atoms with van der Waals surface area (Å²) < 4.78 is 40.0. The molecule has 0 radical (unpaired) electrons. The predicted octanol–water partition coefficient (Wildman–Crippen LogP) is 5.19. The Balaban J connectivity index is 1.70. The van der Waals surface area contributed by atoms with Crippen LogP contribution in [-0.4, -0.2) is 39.9 Å². The Morgan fingerprint density at radius 3 is 2.18 bits per heavy atom. The first-order valence-electron chi connectivity index (χ1n) is 12.4. The molecule has 8 nitrogen and oxygen atoms in total. The fraction of sp³-hybridized carbons (Fsp3) is 0.370. The second kappa shape index (κ2) is 13.0. The third-order valence-corrected chi connectivity index (χ3v) is 5.79. The summed E-state index contributed by atoms with van der Waals surface area (Å²) in [5.74, 6) is -1.33. The molecule has 0 bridgehead atoms. The lowest BCUT2D eigenvalue weighted by Gasteiger charge is -2.26. The Bertz CT molecular complexity index is 1210. The number of para-hydroxylation sites is 1. The molecule has 2 aromatic heterocycles. The first kappa shape index (κ1) is 28.5. The SMILES string of the molecule is CCCN(CCC)c1nc(C(F)(F)F)ccc1CNC(=O)C(C)c1cnc(C(=O)Nc2ccccc2)nc1. The molecule has 0 saturated heterocycles. The van der Waals surface area contributed by atoms with Crippen molar-refractivity contribution in [3.05, 3.63) is 77.5 Å². The number of halogens is 3. The van der Waals surface area contributed by atoms with E-state index in [0.717, 1.165) is 18.9 Å². The molecule has 0 spiro atoms. The van der Waals surface area contributed by atoms with Crippen molar-refractivity contribution in [2.75, 3.05) is 23.3 Å². The van der Waals surface area contributed by atoms with Crippen molar-refractivity contribution in [3.8, 4) is 0 Å². The van der Waals surface area contributed by atoms with E-state index in [0.29, 0.717) is 29.9 Å². The number of hydrogen-bond acceptors (Lipinski definition) is 6. The third-order valence-electron chi connectivity index (χ3n) is 5.79. The van der Waals surface area contributed by atoms with Crippen LogP contribution in [0.4, 0.5) is 24.7 Å². The molecular weight excluding hydrogens is 497 g/mol. The predicted molar refractivity (Wildman–Crippen MR) is 139 cm³/mol. The first-order chi connectivity index (χ1) is 18.1.